The molecule has 0 heterocycles. The molecule has 0 spiro atoms. The highest BCUT2D eigenvalue weighted by molar-refractivity contribution is 5.19. The minimum Gasteiger partial charge on any atom is -0.389 e. The van der Waals surface area contributed by atoms with Gasteiger partial charge in [0.05, 0.1) is 5.60 Å². The molecule has 1 aliphatic rings. The van der Waals surface area contributed by atoms with Gasteiger partial charge in [0.2, 0.25) is 0 Å². The van der Waals surface area contributed by atoms with Crippen LogP contribution in [-0.2, 0) is 0 Å². The van der Waals surface area contributed by atoms with Crippen LogP contribution in [0.25, 0.3) is 0 Å². The zero-order chi connectivity index (χ0) is 14.4. The first-order chi connectivity index (χ1) is 9.61. The van der Waals surface area contributed by atoms with Gasteiger partial charge in [-0.05, 0) is 24.3 Å². The fourth-order valence-corrected chi connectivity index (χ4v) is 3.26. The SMILES string of the molecule is CC(C)C(NCC1(O)CCCCCC1)c1ccccc1. The van der Waals surface area contributed by atoms with Gasteiger partial charge < -0.3 is 10.4 Å². The van der Waals surface area contributed by atoms with Gasteiger partial charge in [0.25, 0.3) is 0 Å². The Bertz CT molecular complexity index is 380. The van der Waals surface area contributed by atoms with Crippen LogP contribution in [0.2, 0.25) is 0 Å². The van der Waals surface area contributed by atoms with E-state index in [2.05, 4.69) is 49.5 Å². The van der Waals surface area contributed by atoms with Crippen LogP contribution in [0.15, 0.2) is 30.3 Å². The normalized spacial score (nSPS) is 20.6. The maximum Gasteiger partial charge on any atom is 0.0771 e. The highest BCUT2D eigenvalue weighted by atomic mass is 16.3. The zero-order valence-corrected chi connectivity index (χ0v) is 12.9. The van der Waals surface area contributed by atoms with E-state index in [9.17, 15) is 5.11 Å². The van der Waals surface area contributed by atoms with E-state index in [0.29, 0.717) is 18.5 Å². The van der Waals surface area contributed by atoms with Crippen LogP contribution in [0.1, 0.15) is 64.0 Å². The molecule has 0 saturated heterocycles. The molecule has 1 aromatic carbocycles. The molecule has 1 unspecified atom stereocenters. The van der Waals surface area contributed by atoms with Crippen LogP contribution in [0.3, 0.4) is 0 Å². The Kier molecular flexibility index (Phi) is 5.62. The molecule has 2 N–H and O–H groups in total. The molecule has 20 heavy (non-hydrogen) atoms. The summed E-state index contributed by atoms with van der Waals surface area (Å²) in [6.07, 6.45) is 6.76. The molecular formula is C18H29NO. The number of hydrogen-bond acceptors (Lipinski definition) is 2. The van der Waals surface area contributed by atoms with Crippen LogP contribution in [0, 0.1) is 5.92 Å². The van der Waals surface area contributed by atoms with Gasteiger partial charge in [-0.15, -0.1) is 0 Å². The largest absolute Gasteiger partial charge is 0.389 e. The number of benzene rings is 1. The number of hydrogen-bond donors (Lipinski definition) is 2. The topological polar surface area (TPSA) is 32.3 Å². The Morgan fingerprint density at radius 3 is 2.20 bits per heavy atom. The van der Waals surface area contributed by atoms with E-state index in [1.54, 1.807) is 0 Å². The smallest absolute Gasteiger partial charge is 0.0771 e. The maximum absolute atomic E-state index is 10.8. The van der Waals surface area contributed by atoms with Gasteiger partial charge in [-0.25, -0.2) is 0 Å². The summed E-state index contributed by atoms with van der Waals surface area (Å²) in [6.45, 7) is 5.19. The van der Waals surface area contributed by atoms with Crippen molar-refractivity contribution in [3.8, 4) is 0 Å². The third-order valence-electron chi connectivity index (χ3n) is 4.51. The zero-order valence-electron chi connectivity index (χ0n) is 12.9. The molecule has 1 aromatic rings. The van der Waals surface area contributed by atoms with E-state index in [1.165, 1.54) is 18.4 Å². The Hall–Kier alpha value is -0.860. The summed E-state index contributed by atoms with van der Waals surface area (Å²) in [7, 11) is 0. The van der Waals surface area contributed by atoms with Crippen molar-refractivity contribution >= 4 is 0 Å². The van der Waals surface area contributed by atoms with Crippen LogP contribution < -0.4 is 5.32 Å². The Balaban J connectivity index is 1.98. The molecule has 1 atom stereocenters. The molecule has 1 aliphatic carbocycles. The maximum atomic E-state index is 10.8. The van der Waals surface area contributed by atoms with Crippen molar-refractivity contribution in [2.75, 3.05) is 6.54 Å². The number of nitrogens with one attached hydrogen (secondary N) is 1. The first-order valence-corrected chi connectivity index (χ1v) is 8.11. The van der Waals surface area contributed by atoms with E-state index in [0.717, 1.165) is 25.7 Å². The molecule has 2 rings (SSSR count). The minimum absolute atomic E-state index is 0.323. The Labute approximate surface area is 123 Å². The molecule has 112 valence electrons. The molecule has 0 aromatic heterocycles. The van der Waals surface area contributed by atoms with Gasteiger partial charge in [-0.3, -0.25) is 0 Å². The van der Waals surface area contributed by atoms with Crippen molar-refractivity contribution < 1.29 is 5.11 Å². The van der Waals surface area contributed by atoms with Crippen LogP contribution >= 0.6 is 0 Å². The highest BCUT2D eigenvalue weighted by Crippen LogP contribution is 2.28. The lowest BCUT2D eigenvalue weighted by Crippen LogP contribution is -2.42. The monoisotopic (exact) mass is 275 g/mol. The minimum atomic E-state index is -0.502. The van der Waals surface area contributed by atoms with Gasteiger partial charge in [-0.2, -0.15) is 0 Å². The average Bonchev–Trinajstić information content (AvgIpc) is 2.65. The predicted octanol–water partition coefficient (Wildman–Crippen LogP) is 4.06. The van der Waals surface area contributed by atoms with Gasteiger partial charge in [0.15, 0.2) is 0 Å². The van der Waals surface area contributed by atoms with Crippen LogP contribution in [-0.4, -0.2) is 17.3 Å². The lowest BCUT2D eigenvalue weighted by atomic mass is 9.91. The van der Waals surface area contributed by atoms with Crippen LogP contribution in [0.4, 0.5) is 0 Å². The summed E-state index contributed by atoms with van der Waals surface area (Å²) >= 11 is 0. The Morgan fingerprint density at radius 2 is 1.65 bits per heavy atom. The average molecular weight is 275 g/mol. The summed E-state index contributed by atoms with van der Waals surface area (Å²) < 4.78 is 0. The third-order valence-corrected chi connectivity index (χ3v) is 4.51. The van der Waals surface area contributed by atoms with Crippen molar-refractivity contribution in [1.29, 1.82) is 0 Å². The third kappa shape index (κ3) is 4.32. The van der Waals surface area contributed by atoms with E-state index < -0.39 is 5.60 Å². The first kappa shape index (κ1) is 15.5. The van der Waals surface area contributed by atoms with E-state index in [1.807, 2.05) is 0 Å². The summed E-state index contributed by atoms with van der Waals surface area (Å²) in [5, 5.41) is 14.4. The van der Waals surface area contributed by atoms with Gasteiger partial charge >= 0.3 is 0 Å². The first-order valence-electron chi connectivity index (χ1n) is 8.11. The standard InChI is InChI=1S/C18H29NO/c1-15(2)17(16-10-6-5-7-11-16)19-14-18(20)12-8-3-4-9-13-18/h5-7,10-11,15,17,19-20H,3-4,8-9,12-14H2,1-2H3. The summed E-state index contributed by atoms with van der Waals surface area (Å²) in [5.74, 6) is 0.520. The van der Waals surface area contributed by atoms with E-state index in [4.69, 9.17) is 0 Å². The van der Waals surface area contributed by atoms with E-state index in [-0.39, 0.29) is 0 Å². The molecule has 0 amide bonds. The Morgan fingerprint density at radius 1 is 1.05 bits per heavy atom. The fourth-order valence-electron chi connectivity index (χ4n) is 3.26. The molecule has 0 aliphatic heterocycles. The van der Waals surface area contributed by atoms with Gasteiger partial charge in [0, 0.05) is 12.6 Å². The lowest BCUT2D eigenvalue weighted by Gasteiger charge is -2.31. The fraction of sp³-hybridized carbons (Fsp3) is 0.667. The molecule has 2 nitrogen and oxygen atoms in total. The lowest BCUT2D eigenvalue weighted by molar-refractivity contribution is 0.0212. The molecule has 1 fully saturated rings. The summed E-state index contributed by atoms with van der Waals surface area (Å²) in [5.41, 5.74) is 0.818. The van der Waals surface area contributed by atoms with E-state index >= 15 is 0 Å². The number of rotatable bonds is 5. The molecule has 2 heteroatoms. The molecule has 1 saturated carbocycles. The van der Waals surface area contributed by atoms with Gasteiger partial charge in [0.1, 0.15) is 0 Å². The second-order valence-electron chi connectivity index (χ2n) is 6.65. The van der Waals surface area contributed by atoms with Crippen molar-refractivity contribution in [3.05, 3.63) is 35.9 Å². The van der Waals surface area contributed by atoms with Crippen molar-refractivity contribution in [2.24, 2.45) is 5.92 Å². The van der Waals surface area contributed by atoms with Crippen LogP contribution in [0.5, 0.6) is 0 Å². The van der Waals surface area contributed by atoms with Crippen molar-refractivity contribution in [1.82, 2.24) is 5.32 Å². The molecule has 0 radical (unpaired) electrons. The highest BCUT2D eigenvalue weighted by Gasteiger charge is 2.29. The van der Waals surface area contributed by atoms with Gasteiger partial charge in [-0.1, -0.05) is 69.9 Å². The quantitative estimate of drug-likeness (QED) is 0.794. The second kappa shape index (κ2) is 7.24. The number of aliphatic hydroxyl groups is 1. The molecule has 0 bridgehead atoms. The summed E-state index contributed by atoms with van der Waals surface area (Å²) in [4.78, 5) is 0. The van der Waals surface area contributed by atoms with Crippen molar-refractivity contribution in [2.45, 2.75) is 64.0 Å². The van der Waals surface area contributed by atoms with Crippen molar-refractivity contribution in [3.63, 3.8) is 0 Å². The predicted molar refractivity (Wildman–Crippen MR) is 84.7 cm³/mol. The molecular weight excluding hydrogens is 246 g/mol. The summed E-state index contributed by atoms with van der Waals surface area (Å²) in [6, 6.07) is 10.9. The second-order valence-corrected chi connectivity index (χ2v) is 6.65.